The molecular formula is C25H32N6O5S. The number of anilines is 1. The second-order valence-corrected chi connectivity index (χ2v) is 10.7. The Morgan fingerprint density at radius 2 is 1.86 bits per heavy atom. The van der Waals surface area contributed by atoms with E-state index < -0.39 is 35.5 Å². The number of nitrogens with zero attached hydrogens (tertiary/aromatic N) is 2. The normalized spacial score (nSPS) is 25.0. The van der Waals surface area contributed by atoms with Gasteiger partial charge in [-0.2, -0.15) is 0 Å². The lowest BCUT2D eigenvalue weighted by molar-refractivity contribution is -0.122. The summed E-state index contributed by atoms with van der Waals surface area (Å²) in [6.07, 6.45) is 0.726. The molecular weight excluding hydrogens is 496 g/mol. The highest BCUT2D eigenvalue weighted by Crippen LogP contribution is 2.52. The molecule has 0 aromatic heterocycles. The number of fused-ring (bicyclic) bond motifs is 3. The van der Waals surface area contributed by atoms with Crippen LogP contribution < -0.4 is 21.7 Å². The van der Waals surface area contributed by atoms with Gasteiger partial charge in [0.15, 0.2) is 10.9 Å². The lowest BCUT2D eigenvalue weighted by Crippen LogP contribution is -2.55. The van der Waals surface area contributed by atoms with E-state index in [0.29, 0.717) is 24.0 Å². The number of rotatable bonds is 5. The van der Waals surface area contributed by atoms with Crippen molar-refractivity contribution in [3.8, 4) is 5.75 Å². The lowest BCUT2D eigenvalue weighted by Gasteiger charge is -2.47. The van der Waals surface area contributed by atoms with E-state index in [1.807, 2.05) is 19.0 Å². The van der Waals surface area contributed by atoms with Crippen LogP contribution in [0.15, 0.2) is 23.0 Å². The number of aliphatic hydroxyl groups excluding tert-OH is 2. The van der Waals surface area contributed by atoms with E-state index in [4.69, 9.17) is 29.1 Å². The van der Waals surface area contributed by atoms with E-state index in [0.717, 1.165) is 5.69 Å². The number of hydrogen-bond donors (Lipinski definition) is 7. The summed E-state index contributed by atoms with van der Waals surface area (Å²) in [6, 6.07) is 1.09. The average Bonchev–Trinajstić information content (AvgIpc) is 2.77. The van der Waals surface area contributed by atoms with E-state index in [9.17, 15) is 24.9 Å². The van der Waals surface area contributed by atoms with Crippen molar-refractivity contribution < 1.29 is 24.9 Å². The Balaban J connectivity index is 1.90. The minimum Gasteiger partial charge on any atom is -0.510 e. The molecule has 11 nitrogen and oxygen atoms in total. The number of aromatic hydroxyl groups is 1. The molecule has 0 radical (unpaired) electrons. The number of Topliss-reactive ketones (excluding diaryl/α,β-unsaturated/α-hetero) is 1. The number of allylic oxidation sites excluding steroid dienone is 1. The van der Waals surface area contributed by atoms with Crippen LogP contribution in [0.3, 0.4) is 0 Å². The fourth-order valence-corrected chi connectivity index (χ4v) is 6.21. The molecule has 1 amide bonds. The van der Waals surface area contributed by atoms with Crippen molar-refractivity contribution >= 4 is 46.2 Å². The fraction of sp³-hybridized carbons (Fsp3) is 0.440. The monoisotopic (exact) mass is 528 g/mol. The number of phenols is 1. The summed E-state index contributed by atoms with van der Waals surface area (Å²) in [5.74, 6) is -4.35. The molecule has 0 saturated heterocycles. The van der Waals surface area contributed by atoms with Crippen LogP contribution >= 0.6 is 12.2 Å². The van der Waals surface area contributed by atoms with Crippen molar-refractivity contribution in [1.29, 1.82) is 5.41 Å². The van der Waals surface area contributed by atoms with Crippen LogP contribution in [0.25, 0.3) is 5.76 Å². The third kappa shape index (κ3) is 4.09. The summed E-state index contributed by atoms with van der Waals surface area (Å²) in [7, 11) is 7.13. The van der Waals surface area contributed by atoms with E-state index in [-0.39, 0.29) is 51.3 Å². The molecule has 9 N–H and O–H groups in total. The predicted octanol–water partition coefficient (Wildman–Crippen LogP) is 0.699. The molecule has 0 bridgehead atoms. The second kappa shape index (κ2) is 9.34. The number of nitrogens with one attached hydrogen (secondary N) is 2. The number of benzene rings is 1. The van der Waals surface area contributed by atoms with Crippen LogP contribution in [-0.2, 0) is 22.6 Å². The van der Waals surface area contributed by atoms with Crippen LogP contribution in [0.1, 0.15) is 23.1 Å². The summed E-state index contributed by atoms with van der Waals surface area (Å²) in [6.45, 7) is 0.112. The Labute approximate surface area is 219 Å². The number of thiocarbonyl (C=S) groups is 1. The van der Waals surface area contributed by atoms with Crippen LogP contribution in [0.2, 0.25) is 0 Å². The molecule has 3 aliphatic carbocycles. The zero-order valence-corrected chi connectivity index (χ0v) is 21.9. The van der Waals surface area contributed by atoms with E-state index in [1.165, 1.54) is 0 Å². The number of carbonyl (C=O) groups is 2. The average molecular weight is 529 g/mol. The number of phenolic OH excluding ortho intramolecular Hbond substituents is 1. The van der Waals surface area contributed by atoms with Gasteiger partial charge in [0.05, 0.1) is 28.8 Å². The number of primary amides is 1. The van der Waals surface area contributed by atoms with Gasteiger partial charge in [0, 0.05) is 37.5 Å². The van der Waals surface area contributed by atoms with Crippen molar-refractivity contribution in [1.82, 2.24) is 10.2 Å². The van der Waals surface area contributed by atoms with Crippen LogP contribution in [0.5, 0.6) is 5.75 Å². The highest BCUT2D eigenvalue weighted by atomic mass is 32.1. The number of carbonyl (C=O) groups excluding carboxylic acids is 2. The maximum atomic E-state index is 13.9. The molecule has 0 spiro atoms. The predicted molar refractivity (Wildman–Crippen MR) is 143 cm³/mol. The first-order chi connectivity index (χ1) is 17.3. The molecule has 0 heterocycles. The van der Waals surface area contributed by atoms with Crippen molar-refractivity contribution in [3.63, 3.8) is 0 Å². The van der Waals surface area contributed by atoms with E-state index >= 15 is 0 Å². The first-order valence-corrected chi connectivity index (χ1v) is 12.2. The van der Waals surface area contributed by atoms with Gasteiger partial charge in [-0.15, -0.1) is 0 Å². The van der Waals surface area contributed by atoms with Gasteiger partial charge in [-0.3, -0.25) is 14.5 Å². The zero-order valence-electron chi connectivity index (χ0n) is 21.1. The number of ketones is 1. The SMILES string of the molecule is CN(C)c1cc(CNC(N)=S)c(O)c2c1CC1CC3C(C(=N)C(C(N)=O)=C(O)[C@H]3N(C)C)C(=O)C1=C2O. The van der Waals surface area contributed by atoms with E-state index in [1.54, 1.807) is 25.1 Å². The molecule has 1 aromatic rings. The molecule has 1 fully saturated rings. The zero-order chi connectivity index (χ0) is 27.5. The van der Waals surface area contributed by atoms with Gasteiger partial charge in [-0.05, 0) is 62.6 Å². The van der Waals surface area contributed by atoms with Crippen molar-refractivity contribution in [2.24, 2.45) is 29.2 Å². The number of aliphatic hydroxyl groups is 2. The highest BCUT2D eigenvalue weighted by molar-refractivity contribution is 7.80. The molecule has 198 valence electrons. The van der Waals surface area contributed by atoms with Gasteiger partial charge < -0.3 is 42.4 Å². The van der Waals surface area contributed by atoms with Gasteiger partial charge in [0.2, 0.25) is 0 Å². The largest absolute Gasteiger partial charge is 0.510 e. The van der Waals surface area contributed by atoms with E-state index in [2.05, 4.69) is 5.32 Å². The Bertz CT molecular complexity index is 1300. The number of likely N-dealkylation sites (N-methyl/N-ethyl adjacent to an activating group) is 1. The second-order valence-electron chi connectivity index (χ2n) is 10.2. The lowest BCUT2D eigenvalue weighted by atomic mass is 9.59. The van der Waals surface area contributed by atoms with Crippen molar-refractivity contribution in [2.45, 2.75) is 25.4 Å². The first kappa shape index (κ1) is 26.4. The van der Waals surface area contributed by atoms with Gasteiger partial charge in [0.25, 0.3) is 5.91 Å². The number of hydrogen-bond acceptors (Lipinski definition) is 9. The third-order valence-corrected chi connectivity index (χ3v) is 7.75. The summed E-state index contributed by atoms with van der Waals surface area (Å²) < 4.78 is 0. The van der Waals surface area contributed by atoms with Gasteiger partial charge in [-0.25, -0.2) is 0 Å². The molecule has 1 saturated carbocycles. The molecule has 4 atom stereocenters. The quantitative estimate of drug-likeness (QED) is 0.268. The standard InChI is InChI=1S/C25H32N6O5S/c1-30(2)13-7-10(8-29-25(28)37)20(32)16-11(13)5-9-6-12-15(21(33)14(9)22(16)34)18(26)17(24(27)36)23(35)19(12)31(3)4/h7,9,12,15,19,26,32,34-35H,5-6,8H2,1-4H3,(H2,27,36)(H3,28,29,37)/t9?,12?,15?,19-/m0/s1. The van der Waals surface area contributed by atoms with Gasteiger partial charge in [0.1, 0.15) is 17.3 Å². The van der Waals surface area contributed by atoms with Gasteiger partial charge >= 0.3 is 0 Å². The van der Waals surface area contributed by atoms with Crippen LogP contribution in [-0.4, -0.2) is 77.0 Å². The van der Waals surface area contributed by atoms with Crippen LogP contribution in [0, 0.1) is 23.2 Å². The summed E-state index contributed by atoms with van der Waals surface area (Å²) in [4.78, 5) is 29.6. The summed E-state index contributed by atoms with van der Waals surface area (Å²) in [5.41, 5.74) is 12.5. The highest BCUT2D eigenvalue weighted by Gasteiger charge is 2.54. The smallest absolute Gasteiger partial charge is 0.254 e. The minimum absolute atomic E-state index is 0.0486. The summed E-state index contributed by atoms with van der Waals surface area (Å²) >= 11 is 4.88. The maximum Gasteiger partial charge on any atom is 0.254 e. The molecule has 1 aromatic carbocycles. The molecule has 12 heteroatoms. The fourth-order valence-electron chi connectivity index (χ4n) is 6.14. The summed E-state index contributed by atoms with van der Waals surface area (Å²) in [5, 5.41) is 45.0. The maximum absolute atomic E-state index is 13.9. The Morgan fingerprint density at radius 3 is 2.41 bits per heavy atom. The molecule has 3 unspecified atom stereocenters. The number of nitrogens with two attached hydrogens (primary N) is 2. The first-order valence-electron chi connectivity index (χ1n) is 11.8. The molecule has 4 rings (SSSR count). The number of amides is 1. The third-order valence-electron chi connectivity index (χ3n) is 7.61. The minimum atomic E-state index is -1.07. The Kier molecular flexibility index (Phi) is 6.67. The van der Waals surface area contributed by atoms with Crippen molar-refractivity contribution in [2.75, 3.05) is 33.1 Å². The topological polar surface area (TPSA) is 189 Å². The molecule has 3 aliphatic rings. The Morgan fingerprint density at radius 1 is 1.22 bits per heavy atom. The van der Waals surface area contributed by atoms with Crippen LogP contribution in [0.4, 0.5) is 5.69 Å². The van der Waals surface area contributed by atoms with Crippen molar-refractivity contribution in [3.05, 3.63) is 39.7 Å². The Hall–Kier alpha value is -3.64. The van der Waals surface area contributed by atoms with Gasteiger partial charge in [-0.1, -0.05) is 0 Å². The molecule has 0 aliphatic heterocycles. The molecule has 37 heavy (non-hydrogen) atoms.